The average Bonchev–Trinajstić information content (AvgIpc) is 2.67. The maximum Gasteiger partial charge on any atom is 0.417 e. The molecule has 7 heteroatoms. The van der Waals surface area contributed by atoms with E-state index in [-0.39, 0.29) is 0 Å². The number of halogens is 3. The molecule has 0 saturated carbocycles. The van der Waals surface area contributed by atoms with Crippen LogP contribution in [-0.2, 0) is 16.2 Å². The third-order valence-electron chi connectivity index (χ3n) is 4.02. The first-order valence-electron chi connectivity index (χ1n) is 8.07. The first-order chi connectivity index (χ1) is 12.8. The van der Waals surface area contributed by atoms with Crippen LogP contribution in [0, 0.1) is 0 Å². The summed E-state index contributed by atoms with van der Waals surface area (Å²) in [7, 11) is -4.44. The van der Waals surface area contributed by atoms with Gasteiger partial charge in [0.2, 0.25) is 10.0 Å². The lowest BCUT2D eigenvalue weighted by Crippen LogP contribution is -2.31. The van der Waals surface area contributed by atoms with E-state index < -0.39 is 32.7 Å². The van der Waals surface area contributed by atoms with Crippen molar-refractivity contribution >= 4 is 10.0 Å². The standard InChI is InChI=1S/C20H16F3NO2S/c21-20(22,23)17-13-7-8-14-18(17)27(25,26)24-19(15-9-3-1-4-10-15)16-11-5-2-6-12-16/h1-14,19,24H. The van der Waals surface area contributed by atoms with Crippen LogP contribution in [0.3, 0.4) is 0 Å². The molecule has 0 fully saturated rings. The molecule has 0 unspecified atom stereocenters. The molecule has 0 atom stereocenters. The summed E-state index contributed by atoms with van der Waals surface area (Å²) in [4.78, 5) is -0.797. The Balaban J connectivity index is 2.07. The van der Waals surface area contributed by atoms with Crippen molar-refractivity contribution in [1.82, 2.24) is 4.72 Å². The molecule has 27 heavy (non-hydrogen) atoms. The van der Waals surface area contributed by atoms with Crippen LogP contribution in [0.4, 0.5) is 13.2 Å². The van der Waals surface area contributed by atoms with Gasteiger partial charge in [-0.15, -0.1) is 0 Å². The van der Waals surface area contributed by atoms with Gasteiger partial charge in [0.15, 0.2) is 0 Å². The van der Waals surface area contributed by atoms with Crippen LogP contribution in [0.1, 0.15) is 22.7 Å². The van der Waals surface area contributed by atoms with Crippen molar-refractivity contribution in [2.45, 2.75) is 17.1 Å². The molecule has 0 heterocycles. The van der Waals surface area contributed by atoms with E-state index in [0.29, 0.717) is 11.1 Å². The van der Waals surface area contributed by atoms with Crippen molar-refractivity contribution in [1.29, 1.82) is 0 Å². The van der Waals surface area contributed by atoms with Gasteiger partial charge in [0, 0.05) is 0 Å². The maximum absolute atomic E-state index is 13.3. The number of hydrogen-bond acceptors (Lipinski definition) is 2. The molecule has 0 aliphatic carbocycles. The van der Waals surface area contributed by atoms with Crippen molar-refractivity contribution in [3.63, 3.8) is 0 Å². The number of rotatable bonds is 5. The third kappa shape index (κ3) is 4.37. The fourth-order valence-corrected chi connectivity index (χ4v) is 4.21. The lowest BCUT2D eigenvalue weighted by Gasteiger charge is -2.21. The molecule has 140 valence electrons. The Bertz CT molecular complexity index is 965. The predicted octanol–water partition coefficient (Wildman–Crippen LogP) is 4.77. The van der Waals surface area contributed by atoms with Gasteiger partial charge in [-0.05, 0) is 23.3 Å². The molecule has 3 nitrogen and oxygen atoms in total. The monoisotopic (exact) mass is 391 g/mol. The van der Waals surface area contributed by atoms with E-state index in [9.17, 15) is 21.6 Å². The summed E-state index contributed by atoms with van der Waals surface area (Å²) in [5.41, 5.74) is 0.0471. The Kier molecular flexibility index (Phi) is 5.34. The van der Waals surface area contributed by atoms with Gasteiger partial charge in [0.25, 0.3) is 0 Å². The zero-order chi connectivity index (χ0) is 19.5. The summed E-state index contributed by atoms with van der Waals surface area (Å²) >= 11 is 0. The van der Waals surface area contributed by atoms with Crippen LogP contribution >= 0.6 is 0 Å². The molecule has 0 aromatic heterocycles. The highest BCUT2D eigenvalue weighted by Gasteiger charge is 2.37. The van der Waals surface area contributed by atoms with Gasteiger partial charge in [-0.1, -0.05) is 72.8 Å². The smallest absolute Gasteiger partial charge is 0.207 e. The first-order valence-corrected chi connectivity index (χ1v) is 9.56. The van der Waals surface area contributed by atoms with E-state index in [1.807, 2.05) is 0 Å². The van der Waals surface area contributed by atoms with Crippen LogP contribution in [0.5, 0.6) is 0 Å². The van der Waals surface area contributed by atoms with Gasteiger partial charge in [0.05, 0.1) is 16.5 Å². The number of sulfonamides is 1. The molecular formula is C20H16F3NO2S. The van der Waals surface area contributed by atoms with E-state index in [4.69, 9.17) is 0 Å². The minimum atomic E-state index is -4.78. The molecule has 0 amide bonds. The second-order valence-corrected chi connectivity index (χ2v) is 7.55. The second-order valence-electron chi connectivity index (χ2n) is 5.87. The van der Waals surface area contributed by atoms with Crippen molar-refractivity contribution in [2.75, 3.05) is 0 Å². The second kappa shape index (κ2) is 7.54. The van der Waals surface area contributed by atoms with Crippen molar-refractivity contribution in [3.05, 3.63) is 102 Å². The largest absolute Gasteiger partial charge is 0.417 e. The summed E-state index contributed by atoms with van der Waals surface area (Å²) in [6.07, 6.45) is -4.78. The third-order valence-corrected chi connectivity index (χ3v) is 5.50. The van der Waals surface area contributed by atoms with E-state index in [2.05, 4.69) is 4.72 Å². The fraction of sp³-hybridized carbons (Fsp3) is 0.100. The summed E-state index contributed by atoms with van der Waals surface area (Å²) in [5.74, 6) is 0. The Morgan fingerprint density at radius 1 is 0.704 bits per heavy atom. The molecule has 3 rings (SSSR count). The lowest BCUT2D eigenvalue weighted by atomic mass is 10.00. The molecule has 3 aromatic rings. The predicted molar refractivity (Wildman–Crippen MR) is 96.5 cm³/mol. The Hall–Kier alpha value is -2.64. The van der Waals surface area contributed by atoms with Gasteiger partial charge in [-0.25, -0.2) is 8.42 Å². The summed E-state index contributed by atoms with van der Waals surface area (Å²) in [5, 5.41) is 0. The van der Waals surface area contributed by atoms with E-state index >= 15 is 0 Å². The molecule has 0 spiro atoms. The molecule has 3 aromatic carbocycles. The number of hydrogen-bond donors (Lipinski definition) is 1. The van der Waals surface area contributed by atoms with Gasteiger partial charge < -0.3 is 0 Å². The minimum absolute atomic E-state index is 0.622. The van der Waals surface area contributed by atoms with Crippen molar-refractivity contribution < 1.29 is 21.6 Å². The highest BCUT2D eigenvalue weighted by Crippen LogP contribution is 2.35. The summed E-state index contributed by atoms with van der Waals surface area (Å²) in [6.45, 7) is 0. The Labute approximate surface area is 155 Å². The summed E-state index contributed by atoms with van der Waals surface area (Å²) < 4.78 is 67.9. The molecule has 0 aliphatic rings. The highest BCUT2D eigenvalue weighted by atomic mass is 32.2. The van der Waals surface area contributed by atoms with E-state index in [1.165, 1.54) is 6.07 Å². The number of alkyl halides is 3. The van der Waals surface area contributed by atoms with Crippen molar-refractivity contribution in [2.24, 2.45) is 0 Å². The molecule has 0 saturated heterocycles. The molecule has 0 aliphatic heterocycles. The zero-order valence-electron chi connectivity index (χ0n) is 14.0. The summed E-state index contributed by atoms with van der Waals surface area (Å²) in [6, 6.07) is 20.7. The van der Waals surface area contributed by atoms with E-state index in [0.717, 1.165) is 18.2 Å². The Morgan fingerprint density at radius 3 is 1.63 bits per heavy atom. The first kappa shape index (κ1) is 19.1. The number of nitrogens with one attached hydrogen (secondary N) is 1. The van der Waals surface area contributed by atoms with Gasteiger partial charge >= 0.3 is 6.18 Å². The Morgan fingerprint density at radius 2 is 1.15 bits per heavy atom. The van der Waals surface area contributed by atoms with Crippen LogP contribution in [0.2, 0.25) is 0 Å². The van der Waals surface area contributed by atoms with Gasteiger partial charge in [-0.3, -0.25) is 0 Å². The minimum Gasteiger partial charge on any atom is -0.207 e. The molecule has 0 radical (unpaired) electrons. The molecular weight excluding hydrogens is 375 g/mol. The average molecular weight is 391 g/mol. The lowest BCUT2D eigenvalue weighted by molar-refractivity contribution is -0.139. The van der Waals surface area contributed by atoms with Crippen LogP contribution in [0.25, 0.3) is 0 Å². The van der Waals surface area contributed by atoms with E-state index in [1.54, 1.807) is 60.7 Å². The zero-order valence-corrected chi connectivity index (χ0v) is 14.8. The van der Waals surface area contributed by atoms with Crippen LogP contribution in [0.15, 0.2) is 89.8 Å². The van der Waals surface area contributed by atoms with Crippen LogP contribution < -0.4 is 4.72 Å². The fourth-order valence-electron chi connectivity index (χ4n) is 2.77. The number of benzene rings is 3. The normalized spacial score (nSPS) is 12.3. The van der Waals surface area contributed by atoms with Gasteiger partial charge in [-0.2, -0.15) is 17.9 Å². The van der Waals surface area contributed by atoms with Gasteiger partial charge in [0.1, 0.15) is 0 Å². The maximum atomic E-state index is 13.3. The molecule has 0 bridgehead atoms. The quantitative estimate of drug-likeness (QED) is 0.681. The molecule has 1 N–H and O–H groups in total. The van der Waals surface area contributed by atoms with Crippen molar-refractivity contribution in [3.8, 4) is 0 Å². The topological polar surface area (TPSA) is 46.2 Å². The SMILES string of the molecule is O=S(=O)(NC(c1ccccc1)c1ccccc1)c1ccccc1C(F)(F)F. The highest BCUT2D eigenvalue weighted by molar-refractivity contribution is 7.89. The van der Waals surface area contributed by atoms with Crippen LogP contribution in [-0.4, -0.2) is 8.42 Å².